The summed E-state index contributed by atoms with van der Waals surface area (Å²) in [6.07, 6.45) is 4.85. The average Bonchev–Trinajstić information content (AvgIpc) is 2.81. The van der Waals surface area contributed by atoms with Gasteiger partial charge in [0.05, 0.1) is 23.8 Å². The Bertz CT molecular complexity index is 771. The summed E-state index contributed by atoms with van der Waals surface area (Å²) in [4.78, 5) is 12.4. The largest absolute Gasteiger partial charge is 0.294 e. The molecule has 0 amide bonds. The molecule has 0 saturated heterocycles. The second-order valence-electron chi connectivity index (χ2n) is 3.60. The van der Waals surface area contributed by atoms with Gasteiger partial charge in [0, 0.05) is 6.20 Å². The number of pyridine rings is 1. The first-order valence-electron chi connectivity index (χ1n) is 5.14. The Kier molecular flexibility index (Phi) is 2.43. The number of aromatic nitrogens is 4. The number of hydrogen-bond donors (Lipinski definition) is 0. The number of imidazole rings is 1. The lowest BCUT2D eigenvalue weighted by molar-refractivity contribution is 1.10. The highest BCUT2D eigenvalue weighted by Gasteiger charge is 2.08. The third kappa shape index (κ3) is 1.69. The van der Waals surface area contributed by atoms with Gasteiger partial charge in [0.1, 0.15) is 11.2 Å². The molecule has 0 fully saturated rings. The van der Waals surface area contributed by atoms with Crippen LogP contribution in [0.1, 0.15) is 5.69 Å². The van der Waals surface area contributed by atoms with Crippen molar-refractivity contribution in [1.82, 2.24) is 19.4 Å². The van der Waals surface area contributed by atoms with Crippen molar-refractivity contribution < 1.29 is 0 Å². The molecule has 0 radical (unpaired) electrons. The van der Waals surface area contributed by atoms with Gasteiger partial charge in [0.15, 0.2) is 11.3 Å². The zero-order valence-corrected chi connectivity index (χ0v) is 9.83. The fourth-order valence-corrected chi connectivity index (χ4v) is 1.85. The maximum atomic E-state index is 8.86. The van der Waals surface area contributed by atoms with Crippen molar-refractivity contribution in [2.24, 2.45) is 0 Å². The van der Waals surface area contributed by atoms with E-state index in [1.807, 2.05) is 18.2 Å². The molecular weight excluding hydrogens is 250 g/mol. The predicted molar refractivity (Wildman–Crippen MR) is 65.9 cm³/mol. The van der Waals surface area contributed by atoms with Crippen LogP contribution in [-0.2, 0) is 0 Å². The van der Waals surface area contributed by atoms with Crippen LogP contribution in [0.4, 0.5) is 0 Å². The summed E-state index contributed by atoms with van der Waals surface area (Å²) >= 11 is 5.87. The minimum absolute atomic E-state index is 0.323. The van der Waals surface area contributed by atoms with E-state index in [1.54, 1.807) is 29.1 Å². The molecule has 18 heavy (non-hydrogen) atoms. The molecule has 0 spiro atoms. The van der Waals surface area contributed by atoms with E-state index in [0.29, 0.717) is 22.2 Å². The van der Waals surface area contributed by atoms with Crippen molar-refractivity contribution in [1.29, 1.82) is 5.26 Å². The molecule has 0 saturated carbocycles. The minimum Gasteiger partial charge on any atom is -0.294 e. The summed E-state index contributed by atoms with van der Waals surface area (Å²) in [7, 11) is 0. The number of nitriles is 1. The van der Waals surface area contributed by atoms with Gasteiger partial charge in [-0.15, -0.1) is 0 Å². The molecule has 3 heterocycles. The number of fused-ring (bicyclic) bond motifs is 1. The fourth-order valence-electron chi connectivity index (χ4n) is 1.69. The molecule has 0 bridgehead atoms. The lowest BCUT2D eigenvalue weighted by Gasteiger charge is -2.01. The van der Waals surface area contributed by atoms with Gasteiger partial charge in [-0.1, -0.05) is 17.7 Å². The van der Waals surface area contributed by atoms with Crippen LogP contribution in [0.2, 0.25) is 5.15 Å². The molecule has 3 aromatic rings. The van der Waals surface area contributed by atoms with Crippen LogP contribution in [-0.4, -0.2) is 19.4 Å². The van der Waals surface area contributed by atoms with Crippen molar-refractivity contribution in [3.05, 3.63) is 47.6 Å². The first-order valence-corrected chi connectivity index (χ1v) is 5.52. The number of hydrogen-bond acceptors (Lipinski definition) is 4. The van der Waals surface area contributed by atoms with Gasteiger partial charge in [-0.3, -0.25) is 4.40 Å². The van der Waals surface area contributed by atoms with Gasteiger partial charge in [-0.25, -0.2) is 15.0 Å². The average molecular weight is 256 g/mol. The van der Waals surface area contributed by atoms with E-state index in [-0.39, 0.29) is 0 Å². The van der Waals surface area contributed by atoms with Gasteiger partial charge in [0.2, 0.25) is 0 Å². The zero-order chi connectivity index (χ0) is 12.5. The quantitative estimate of drug-likeness (QED) is 0.626. The first kappa shape index (κ1) is 10.7. The summed E-state index contributed by atoms with van der Waals surface area (Å²) in [5.41, 5.74) is 2.45. The van der Waals surface area contributed by atoms with E-state index >= 15 is 0 Å². The molecule has 5 nitrogen and oxygen atoms in total. The molecule has 0 aliphatic rings. The van der Waals surface area contributed by atoms with Gasteiger partial charge < -0.3 is 0 Å². The van der Waals surface area contributed by atoms with Crippen molar-refractivity contribution in [3.63, 3.8) is 0 Å². The molecular formula is C12H6ClN5. The van der Waals surface area contributed by atoms with Crippen molar-refractivity contribution >= 4 is 17.2 Å². The molecule has 0 N–H and O–H groups in total. The predicted octanol–water partition coefficient (Wildman–Crippen LogP) is 2.32. The molecule has 3 aromatic heterocycles. The highest BCUT2D eigenvalue weighted by molar-refractivity contribution is 6.29. The van der Waals surface area contributed by atoms with E-state index in [1.165, 1.54) is 0 Å². The van der Waals surface area contributed by atoms with Crippen molar-refractivity contribution in [3.8, 4) is 17.5 Å². The van der Waals surface area contributed by atoms with Gasteiger partial charge >= 0.3 is 0 Å². The third-order valence-corrected chi connectivity index (χ3v) is 2.70. The first-order chi connectivity index (χ1) is 8.78. The Morgan fingerprint density at radius 1 is 1.22 bits per heavy atom. The highest BCUT2D eigenvalue weighted by Crippen LogP contribution is 2.20. The zero-order valence-electron chi connectivity index (χ0n) is 9.08. The lowest BCUT2D eigenvalue weighted by atomic mass is 10.3. The summed E-state index contributed by atoms with van der Waals surface area (Å²) in [6, 6.07) is 7.35. The SMILES string of the molecule is N#Cc1cn2c(-c3cccc(Cl)n3)cnc2cn1. The van der Waals surface area contributed by atoms with Gasteiger partial charge in [0.25, 0.3) is 0 Å². The number of halogens is 1. The second kappa shape index (κ2) is 4.09. The maximum absolute atomic E-state index is 8.86. The van der Waals surface area contributed by atoms with Crippen LogP contribution in [0.15, 0.2) is 36.8 Å². The normalized spacial score (nSPS) is 10.4. The second-order valence-corrected chi connectivity index (χ2v) is 3.99. The molecule has 6 heteroatoms. The van der Waals surface area contributed by atoms with Gasteiger partial charge in [-0.05, 0) is 12.1 Å². The summed E-state index contributed by atoms with van der Waals surface area (Å²) in [6.45, 7) is 0. The maximum Gasteiger partial charge on any atom is 0.157 e. The van der Waals surface area contributed by atoms with Crippen LogP contribution in [0.5, 0.6) is 0 Å². The van der Waals surface area contributed by atoms with Crippen molar-refractivity contribution in [2.45, 2.75) is 0 Å². The lowest BCUT2D eigenvalue weighted by Crippen LogP contribution is -1.94. The van der Waals surface area contributed by atoms with Gasteiger partial charge in [-0.2, -0.15) is 5.26 Å². The van der Waals surface area contributed by atoms with E-state index in [9.17, 15) is 0 Å². The minimum atomic E-state index is 0.323. The van der Waals surface area contributed by atoms with Crippen LogP contribution in [0, 0.1) is 11.3 Å². The van der Waals surface area contributed by atoms with E-state index < -0.39 is 0 Å². The Hall–Kier alpha value is -2.45. The molecule has 0 atom stereocenters. The summed E-state index contributed by atoms with van der Waals surface area (Å²) < 4.78 is 1.77. The van der Waals surface area contributed by atoms with Crippen LogP contribution in [0.25, 0.3) is 17.0 Å². The summed E-state index contributed by atoms with van der Waals surface area (Å²) in [5, 5.41) is 9.27. The third-order valence-electron chi connectivity index (χ3n) is 2.49. The standard InChI is InChI=1S/C12H6ClN5/c13-11-3-1-2-9(17-11)10-5-16-12-6-15-8(4-14)7-18(10)12/h1-3,5-7H. The van der Waals surface area contributed by atoms with Crippen LogP contribution >= 0.6 is 11.6 Å². The number of nitrogens with zero attached hydrogens (tertiary/aromatic N) is 5. The monoisotopic (exact) mass is 255 g/mol. The molecule has 0 aromatic carbocycles. The molecule has 0 unspecified atom stereocenters. The Labute approximate surface area is 107 Å². The molecule has 0 aliphatic carbocycles. The Morgan fingerprint density at radius 3 is 2.89 bits per heavy atom. The molecule has 0 aliphatic heterocycles. The van der Waals surface area contributed by atoms with E-state index in [0.717, 1.165) is 5.69 Å². The topological polar surface area (TPSA) is 66.9 Å². The summed E-state index contributed by atoms with van der Waals surface area (Å²) in [5.74, 6) is 0. The van der Waals surface area contributed by atoms with Crippen molar-refractivity contribution in [2.75, 3.05) is 0 Å². The molecule has 86 valence electrons. The smallest absolute Gasteiger partial charge is 0.157 e. The highest BCUT2D eigenvalue weighted by atomic mass is 35.5. The Balaban J connectivity index is 2.27. The Morgan fingerprint density at radius 2 is 2.11 bits per heavy atom. The molecule has 3 rings (SSSR count). The van der Waals surface area contributed by atoms with E-state index in [4.69, 9.17) is 16.9 Å². The number of rotatable bonds is 1. The van der Waals surface area contributed by atoms with E-state index in [2.05, 4.69) is 15.0 Å². The van der Waals surface area contributed by atoms with Crippen LogP contribution in [0.3, 0.4) is 0 Å². The fraction of sp³-hybridized carbons (Fsp3) is 0. The van der Waals surface area contributed by atoms with Crippen LogP contribution < -0.4 is 0 Å².